The number of hydrogen-bond donors (Lipinski definition) is 1. The Morgan fingerprint density at radius 3 is 2.80 bits per heavy atom. The fraction of sp³-hybridized carbons (Fsp3) is 0.231. The molecule has 1 N–H and O–H groups in total. The van der Waals surface area contributed by atoms with Crippen LogP contribution >= 0.6 is 0 Å². The maximum Gasteiger partial charge on any atom is 0.337 e. The number of nitrogens with one attached hydrogen (secondary N) is 1. The highest BCUT2D eigenvalue weighted by atomic mass is 16.5. The van der Waals surface area contributed by atoms with E-state index in [9.17, 15) is 4.79 Å². The molecule has 3 aromatic rings. The second-order valence-corrected chi connectivity index (χ2v) is 4.44. The van der Waals surface area contributed by atoms with Crippen molar-refractivity contribution in [3.63, 3.8) is 0 Å². The van der Waals surface area contributed by atoms with Gasteiger partial charge in [0.15, 0.2) is 11.6 Å². The van der Waals surface area contributed by atoms with Crippen molar-refractivity contribution in [2.24, 2.45) is 7.05 Å². The van der Waals surface area contributed by atoms with Crippen molar-refractivity contribution in [1.29, 1.82) is 0 Å². The Balaban J connectivity index is 2.11. The second kappa shape index (κ2) is 4.44. The highest BCUT2D eigenvalue weighted by Crippen LogP contribution is 2.20. The third-order valence-electron chi connectivity index (χ3n) is 3.21. The Kier molecular flexibility index (Phi) is 2.74. The Hall–Kier alpha value is -2.70. The third kappa shape index (κ3) is 1.83. The van der Waals surface area contributed by atoms with Crippen molar-refractivity contribution in [3.05, 3.63) is 29.6 Å². The van der Waals surface area contributed by atoms with Gasteiger partial charge in [0, 0.05) is 7.05 Å². The number of benzene rings is 1. The standard InChI is InChI=1S/C13H13N5O2/c1-7-16-17-12(18(7)2)11-14-9-5-4-8(13(19)20-3)6-10(9)15-11/h4-6H,1-3H3,(H,14,15). The lowest BCUT2D eigenvalue weighted by Gasteiger charge is -1.97. The first-order chi connectivity index (χ1) is 9.60. The molecule has 0 spiro atoms. The number of imidazole rings is 1. The van der Waals surface area contributed by atoms with Gasteiger partial charge in [0.05, 0.1) is 23.7 Å². The molecule has 0 saturated heterocycles. The second-order valence-electron chi connectivity index (χ2n) is 4.44. The quantitative estimate of drug-likeness (QED) is 0.713. The summed E-state index contributed by atoms with van der Waals surface area (Å²) in [6.07, 6.45) is 0. The number of methoxy groups -OCH3 is 1. The first-order valence-electron chi connectivity index (χ1n) is 6.04. The molecule has 0 atom stereocenters. The van der Waals surface area contributed by atoms with Crippen LogP contribution in [0, 0.1) is 6.92 Å². The van der Waals surface area contributed by atoms with Crippen LogP contribution in [0.3, 0.4) is 0 Å². The van der Waals surface area contributed by atoms with Gasteiger partial charge in [-0.3, -0.25) is 0 Å². The first kappa shape index (κ1) is 12.3. The van der Waals surface area contributed by atoms with Crippen molar-refractivity contribution >= 4 is 17.0 Å². The van der Waals surface area contributed by atoms with Gasteiger partial charge in [-0.15, -0.1) is 10.2 Å². The summed E-state index contributed by atoms with van der Waals surface area (Å²) in [4.78, 5) is 19.1. The summed E-state index contributed by atoms with van der Waals surface area (Å²) >= 11 is 0. The highest BCUT2D eigenvalue weighted by molar-refractivity contribution is 5.94. The molecule has 0 fully saturated rings. The largest absolute Gasteiger partial charge is 0.465 e. The zero-order valence-corrected chi connectivity index (χ0v) is 11.3. The number of nitrogens with zero attached hydrogens (tertiary/aromatic N) is 4. The summed E-state index contributed by atoms with van der Waals surface area (Å²) in [5.74, 6) is 1.69. The van der Waals surface area contributed by atoms with Crippen LogP contribution in [0.5, 0.6) is 0 Å². The van der Waals surface area contributed by atoms with E-state index in [-0.39, 0.29) is 5.97 Å². The average Bonchev–Trinajstić information content (AvgIpc) is 3.01. The van der Waals surface area contributed by atoms with Crippen molar-refractivity contribution in [3.8, 4) is 11.6 Å². The van der Waals surface area contributed by atoms with E-state index in [4.69, 9.17) is 4.74 Å². The summed E-state index contributed by atoms with van der Waals surface area (Å²) < 4.78 is 6.55. The monoisotopic (exact) mass is 271 g/mol. The van der Waals surface area contributed by atoms with Gasteiger partial charge in [0.2, 0.25) is 0 Å². The van der Waals surface area contributed by atoms with Crippen molar-refractivity contribution in [2.75, 3.05) is 7.11 Å². The Morgan fingerprint density at radius 2 is 2.15 bits per heavy atom. The Bertz CT molecular complexity index is 802. The number of carbonyl (C=O) groups excluding carboxylic acids is 1. The summed E-state index contributed by atoms with van der Waals surface area (Å²) in [6.45, 7) is 1.87. The number of esters is 1. The van der Waals surface area contributed by atoms with Crippen LogP contribution in [0.4, 0.5) is 0 Å². The minimum Gasteiger partial charge on any atom is -0.465 e. The lowest BCUT2D eigenvalue weighted by molar-refractivity contribution is 0.0601. The number of carbonyl (C=O) groups is 1. The number of aryl methyl sites for hydroxylation is 1. The Labute approximate surface area is 114 Å². The maximum atomic E-state index is 11.5. The van der Waals surface area contributed by atoms with Crippen LogP contribution < -0.4 is 0 Å². The van der Waals surface area contributed by atoms with E-state index in [0.29, 0.717) is 17.2 Å². The van der Waals surface area contributed by atoms with Crippen LogP contribution in [-0.2, 0) is 11.8 Å². The zero-order chi connectivity index (χ0) is 14.3. The fourth-order valence-corrected chi connectivity index (χ4v) is 1.97. The predicted molar refractivity (Wildman–Crippen MR) is 72.2 cm³/mol. The maximum absolute atomic E-state index is 11.5. The number of aromatic amines is 1. The normalized spacial score (nSPS) is 10.9. The predicted octanol–water partition coefficient (Wildman–Crippen LogP) is 1.45. The molecule has 0 saturated carbocycles. The lowest BCUT2D eigenvalue weighted by Crippen LogP contribution is -2.00. The van der Waals surface area contributed by atoms with E-state index >= 15 is 0 Å². The van der Waals surface area contributed by atoms with E-state index in [1.807, 2.05) is 18.5 Å². The van der Waals surface area contributed by atoms with Crippen molar-refractivity contribution in [1.82, 2.24) is 24.7 Å². The number of H-pyrrole nitrogens is 1. The molecule has 0 amide bonds. The SMILES string of the molecule is COC(=O)c1ccc2nc(-c3nnc(C)n3C)[nH]c2c1. The van der Waals surface area contributed by atoms with Gasteiger partial charge in [-0.1, -0.05) is 0 Å². The number of hydrogen-bond acceptors (Lipinski definition) is 5. The van der Waals surface area contributed by atoms with Crippen LogP contribution in [0.1, 0.15) is 16.2 Å². The molecule has 0 aliphatic carbocycles. The van der Waals surface area contributed by atoms with Gasteiger partial charge in [0.1, 0.15) is 5.82 Å². The molecular formula is C13H13N5O2. The summed E-state index contributed by atoms with van der Waals surface area (Å²) in [5.41, 5.74) is 1.99. The van der Waals surface area contributed by atoms with E-state index in [1.165, 1.54) is 7.11 Å². The van der Waals surface area contributed by atoms with Gasteiger partial charge < -0.3 is 14.3 Å². The molecule has 0 aliphatic rings. The third-order valence-corrected chi connectivity index (χ3v) is 3.21. The van der Waals surface area contributed by atoms with Gasteiger partial charge in [0.25, 0.3) is 0 Å². The molecule has 0 aliphatic heterocycles. The number of fused-ring (bicyclic) bond motifs is 1. The molecule has 7 nitrogen and oxygen atoms in total. The molecule has 0 radical (unpaired) electrons. The van der Waals surface area contributed by atoms with E-state index in [1.54, 1.807) is 18.2 Å². The molecule has 1 aromatic carbocycles. The molecule has 102 valence electrons. The van der Waals surface area contributed by atoms with Gasteiger partial charge in [-0.2, -0.15) is 0 Å². The smallest absolute Gasteiger partial charge is 0.337 e. The summed E-state index contributed by atoms with van der Waals surface area (Å²) in [6, 6.07) is 5.16. The van der Waals surface area contributed by atoms with Crippen molar-refractivity contribution < 1.29 is 9.53 Å². The van der Waals surface area contributed by atoms with Crippen LogP contribution in [0.25, 0.3) is 22.7 Å². The highest BCUT2D eigenvalue weighted by Gasteiger charge is 2.14. The first-order valence-corrected chi connectivity index (χ1v) is 6.04. The zero-order valence-electron chi connectivity index (χ0n) is 11.3. The average molecular weight is 271 g/mol. The van der Waals surface area contributed by atoms with Crippen LogP contribution in [0.15, 0.2) is 18.2 Å². The van der Waals surface area contributed by atoms with Crippen LogP contribution in [-0.4, -0.2) is 37.8 Å². The minimum absolute atomic E-state index is 0.377. The molecule has 7 heteroatoms. The fourth-order valence-electron chi connectivity index (χ4n) is 1.97. The van der Waals surface area contributed by atoms with Gasteiger partial charge in [-0.05, 0) is 25.1 Å². The van der Waals surface area contributed by atoms with Crippen LogP contribution in [0.2, 0.25) is 0 Å². The van der Waals surface area contributed by atoms with Crippen molar-refractivity contribution in [2.45, 2.75) is 6.92 Å². The molecule has 3 rings (SSSR count). The van der Waals surface area contributed by atoms with E-state index in [2.05, 4.69) is 20.2 Å². The molecule has 2 aromatic heterocycles. The molecule has 20 heavy (non-hydrogen) atoms. The van der Waals surface area contributed by atoms with Gasteiger partial charge in [-0.25, -0.2) is 9.78 Å². The minimum atomic E-state index is -0.377. The molecule has 0 unspecified atom stereocenters. The number of aromatic nitrogens is 5. The lowest BCUT2D eigenvalue weighted by atomic mass is 10.2. The molecular weight excluding hydrogens is 258 g/mol. The van der Waals surface area contributed by atoms with E-state index in [0.717, 1.165) is 16.9 Å². The number of ether oxygens (including phenoxy) is 1. The van der Waals surface area contributed by atoms with E-state index < -0.39 is 0 Å². The topological polar surface area (TPSA) is 85.7 Å². The molecule has 0 bridgehead atoms. The Morgan fingerprint density at radius 1 is 1.35 bits per heavy atom. The number of rotatable bonds is 2. The van der Waals surface area contributed by atoms with Gasteiger partial charge >= 0.3 is 5.97 Å². The summed E-state index contributed by atoms with van der Waals surface area (Å²) in [5, 5.41) is 8.08. The molecule has 2 heterocycles. The summed E-state index contributed by atoms with van der Waals surface area (Å²) in [7, 11) is 3.23.